The molecule has 1 aliphatic rings. The van der Waals surface area contributed by atoms with Gasteiger partial charge in [0.15, 0.2) is 0 Å². The van der Waals surface area contributed by atoms with Crippen LogP contribution in [0.3, 0.4) is 0 Å². The van der Waals surface area contributed by atoms with Crippen LogP contribution in [-0.4, -0.2) is 25.3 Å². The highest BCUT2D eigenvalue weighted by molar-refractivity contribution is 6.12. The molecule has 1 unspecified atom stereocenters. The van der Waals surface area contributed by atoms with E-state index < -0.39 is 0 Å². The molecular weight excluding hydrogens is 985 g/mol. The van der Waals surface area contributed by atoms with E-state index in [0.717, 1.165) is 85.4 Å². The van der Waals surface area contributed by atoms with Crippen molar-refractivity contribution in [3.63, 3.8) is 0 Å². The number of aromatic nitrogens is 4. The predicted octanol–water partition coefficient (Wildman–Crippen LogP) is 18.9. The van der Waals surface area contributed by atoms with Gasteiger partial charge in [-0.3, -0.25) is 5.01 Å². The minimum Gasteiger partial charge on any atom is -0.257 e. The number of hydrogen-bond donors (Lipinski definition) is 0. The normalized spacial score (nSPS) is 13.1. The Hall–Kier alpha value is -10.7. The van der Waals surface area contributed by atoms with Gasteiger partial charge in [0.25, 0.3) is 0 Å². The Morgan fingerprint density at radius 3 is 1.12 bits per heavy atom. The predicted molar refractivity (Wildman–Crippen MR) is 336 cm³/mol. The summed E-state index contributed by atoms with van der Waals surface area (Å²) >= 11 is 0. The largest absolute Gasteiger partial charge is 0.257 e. The minimum atomic E-state index is 0.211. The van der Waals surface area contributed by atoms with Crippen molar-refractivity contribution in [2.24, 2.45) is 5.10 Å². The van der Waals surface area contributed by atoms with Crippen LogP contribution in [0.25, 0.3) is 99.8 Å². The van der Waals surface area contributed by atoms with E-state index in [1.165, 1.54) is 43.4 Å². The maximum atomic E-state index is 5.21. The van der Waals surface area contributed by atoms with Gasteiger partial charge in [-0.1, -0.05) is 261 Å². The summed E-state index contributed by atoms with van der Waals surface area (Å²) in [6.07, 6.45) is 0.896. The number of hydrazone groups is 1. The van der Waals surface area contributed by atoms with E-state index in [9.17, 15) is 0 Å². The smallest absolute Gasteiger partial charge is 0.0940 e. The van der Waals surface area contributed by atoms with Gasteiger partial charge >= 0.3 is 0 Å². The average Bonchev–Trinajstić information content (AvgIpc) is 4.42. The first kappa shape index (κ1) is 48.7. The average molecular weight is 1040 g/mol. The lowest BCUT2D eigenvalue weighted by atomic mass is 9.95. The zero-order valence-electron chi connectivity index (χ0n) is 44.4. The van der Waals surface area contributed by atoms with Gasteiger partial charge < -0.3 is 0 Å². The Balaban J connectivity index is 0.000000182. The fourth-order valence-corrected chi connectivity index (χ4v) is 11.4. The molecule has 0 spiro atoms. The van der Waals surface area contributed by atoms with Gasteiger partial charge in [0.2, 0.25) is 0 Å². The SMILES string of the molecule is c1ccc(-c2cc(-c3cccc4ccccc34)nn2-c2ccc(-c3ccc(-n4nc(-c5cccc6ccccc56)cc4-c4ccccc4)cc3)cc2)cc1.c1ccc(C2CC(c3cccc4ccccc34)=NN2c2ccccc2)cc1. The van der Waals surface area contributed by atoms with Crippen molar-refractivity contribution in [3.8, 4) is 67.5 Å². The van der Waals surface area contributed by atoms with Gasteiger partial charge in [0.1, 0.15) is 0 Å². The lowest BCUT2D eigenvalue weighted by molar-refractivity contribution is 0.709. The topological polar surface area (TPSA) is 51.2 Å². The van der Waals surface area contributed by atoms with Crippen molar-refractivity contribution in [1.82, 2.24) is 19.6 Å². The first-order valence-corrected chi connectivity index (χ1v) is 27.6. The molecule has 0 fully saturated rings. The van der Waals surface area contributed by atoms with Gasteiger partial charge in [-0.25, -0.2) is 9.36 Å². The molecule has 0 bridgehead atoms. The highest BCUT2D eigenvalue weighted by atomic mass is 15.5. The number of rotatable bonds is 10. The van der Waals surface area contributed by atoms with E-state index in [1.807, 2.05) is 6.07 Å². The fraction of sp³-hybridized carbons (Fsp3) is 0.0267. The highest BCUT2D eigenvalue weighted by Gasteiger charge is 2.30. The van der Waals surface area contributed by atoms with E-state index in [1.54, 1.807) is 0 Å². The van der Waals surface area contributed by atoms with Crippen LogP contribution >= 0.6 is 0 Å². The first-order valence-electron chi connectivity index (χ1n) is 27.6. The van der Waals surface area contributed by atoms with Gasteiger partial charge in [-0.15, -0.1) is 0 Å². The molecule has 0 aliphatic carbocycles. The van der Waals surface area contributed by atoms with Crippen LogP contribution < -0.4 is 5.01 Å². The number of benzene rings is 12. The molecule has 2 aromatic heterocycles. The third-order valence-corrected chi connectivity index (χ3v) is 15.5. The van der Waals surface area contributed by atoms with Gasteiger partial charge in [0.05, 0.1) is 51.6 Å². The molecule has 1 atom stereocenters. The molecule has 81 heavy (non-hydrogen) atoms. The number of fused-ring (bicyclic) bond motifs is 3. The summed E-state index contributed by atoms with van der Waals surface area (Å²) in [5, 5.41) is 25.0. The molecule has 0 radical (unpaired) electrons. The van der Waals surface area contributed by atoms with Crippen molar-refractivity contribution in [3.05, 3.63) is 321 Å². The Bertz CT molecular complexity index is 4310. The van der Waals surface area contributed by atoms with Crippen molar-refractivity contribution < 1.29 is 0 Å². The molecule has 6 heteroatoms. The Morgan fingerprint density at radius 2 is 0.667 bits per heavy atom. The lowest BCUT2D eigenvalue weighted by Gasteiger charge is -2.23. The molecule has 1 aliphatic heterocycles. The quantitative estimate of drug-likeness (QED) is 0.137. The number of nitrogens with zero attached hydrogens (tertiary/aromatic N) is 6. The molecule has 0 N–H and O–H groups in total. The summed E-state index contributed by atoms with van der Waals surface area (Å²) in [4.78, 5) is 0. The van der Waals surface area contributed by atoms with Crippen molar-refractivity contribution in [2.75, 3.05) is 5.01 Å². The minimum absolute atomic E-state index is 0.211. The van der Waals surface area contributed by atoms with E-state index in [2.05, 4.69) is 318 Å². The van der Waals surface area contributed by atoms with Crippen LogP contribution in [0.2, 0.25) is 0 Å². The molecule has 14 aromatic rings. The summed E-state index contributed by atoms with van der Waals surface area (Å²) in [5.74, 6) is 0. The van der Waals surface area contributed by atoms with Gasteiger partial charge in [-0.2, -0.15) is 15.3 Å². The molecule has 15 rings (SSSR count). The second kappa shape index (κ2) is 21.6. The zero-order valence-corrected chi connectivity index (χ0v) is 44.4. The fourth-order valence-electron chi connectivity index (χ4n) is 11.4. The lowest BCUT2D eigenvalue weighted by Crippen LogP contribution is -2.18. The summed E-state index contributed by atoms with van der Waals surface area (Å²) in [6.45, 7) is 0. The number of para-hydroxylation sites is 1. The Morgan fingerprint density at radius 1 is 0.296 bits per heavy atom. The van der Waals surface area contributed by atoms with Crippen LogP contribution in [0.1, 0.15) is 23.6 Å². The third kappa shape index (κ3) is 9.66. The summed E-state index contributed by atoms with van der Waals surface area (Å²) < 4.78 is 4.13. The van der Waals surface area contributed by atoms with Crippen molar-refractivity contribution in [1.29, 1.82) is 0 Å². The third-order valence-electron chi connectivity index (χ3n) is 15.5. The number of anilines is 1. The van der Waals surface area contributed by atoms with E-state index in [-0.39, 0.29) is 6.04 Å². The summed E-state index contributed by atoms with van der Waals surface area (Å²) in [6, 6.07) is 109. The summed E-state index contributed by atoms with van der Waals surface area (Å²) in [7, 11) is 0. The Labute approximate surface area is 471 Å². The first-order chi connectivity index (χ1) is 40.2. The van der Waals surface area contributed by atoms with Crippen molar-refractivity contribution in [2.45, 2.75) is 12.5 Å². The standard InChI is InChI=1S/C50H34N4.C25H20N2/c1-3-15-39(16-4-1)49-33-47(45-23-11-19-37-13-7-9-21-43(37)45)51-53(49)41-29-25-35(26-30-41)36-27-31-42(32-28-36)54-50(40-17-5-2-6-18-40)34-48(52-54)46-24-12-20-38-14-8-10-22-44(38)46;1-3-11-20(12-4-1)25-18-24(26-27(25)21-14-5-2-6-15-21)23-17-9-13-19-10-7-8-16-22(19)23/h1-34H;1-17,25H,18H2. The molecule has 0 saturated carbocycles. The Kier molecular flexibility index (Phi) is 13.0. The highest BCUT2D eigenvalue weighted by Crippen LogP contribution is 2.39. The molecule has 3 heterocycles. The maximum Gasteiger partial charge on any atom is 0.0940 e. The van der Waals surface area contributed by atoms with Crippen LogP contribution in [0.4, 0.5) is 5.69 Å². The van der Waals surface area contributed by atoms with Crippen LogP contribution in [0, 0.1) is 0 Å². The van der Waals surface area contributed by atoms with Crippen LogP contribution in [-0.2, 0) is 0 Å². The van der Waals surface area contributed by atoms with E-state index >= 15 is 0 Å². The molecule has 384 valence electrons. The van der Waals surface area contributed by atoms with Crippen LogP contribution in [0.15, 0.2) is 314 Å². The molecule has 12 aromatic carbocycles. The second-order valence-corrected chi connectivity index (χ2v) is 20.4. The molecular formula is C75H54N6. The maximum absolute atomic E-state index is 5.21. The molecule has 6 nitrogen and oxygen atoms in total. The summed E-state index contributed by atoms with van der Waals surface area (Å²) in [5.41, 5.74) is 17.5. The van der Waals surface area contributed by atoms with Gasteiger partial charge in [-0.05, 0) is 97.5 Å². The molecule has 0 saturated heterocycles. The van der Waals surface area contributed by atoms with Crippen molar-refractivity contribution >= 4 is 43.7 Å². The van der Waals surface area contributed by atoms with Crippen LogP contribution in [0.5, 0.6) is 0 Å². The van der Waals surface area contributed by atoms with E-state index in [4.69, 9.17) is 15.3 Å². The van der Waals surface area contributed by atoms with Gasteiger partial charge in [0, 0.05) is 34.2 Å². The second-order valence-electron chi connectivity index (χ2n) is 20.4. The zero-order chi connectivity index (χ0) is 53.9. The van der Waals surface area contributed by atoms with E-state index in [0.29, 0.717) is 0 Å². The number of hydrogen-bond acceptors (Lipinski definition) is 4. The monoisotopic (exact) mass is 1040 g/mol. The molecule has 0 amide bonds.